The molecule has 1 unspecified atom stereocenters. The number of nitrogens with zero attached hydrogens (tertiary/aromatic N) is 3. The maximum absolute atomic E-state index is 13.7. The van der Waals surface area contributed by atoms with Gasteiger partial charge in [0.25, 0.3) is 11.8 Å². The van der Waals surface area contributed by atoms with Gasteiger partial charge < -0.3 is 5.73 Å². The maximum Gasteiger partial charge on any atom is 0.416 e. The Hall–Kier alpha value is -4.19. The topological polar surface area (TPSA) is 88.1 Å². The van der Waals surface area contributed by atoms with Crippen molar-refractivity contribution in [1.82, 2.24) is 4.90 Å². The van der Waals surface area contributed by atoms with Gasteiger partial charge >= 0.3 is 6.18 Å². The fraction of sp³-hybridized carbons (Fsp3) is 0.394. The Morgan fingerprint density at radius 3 is 2.40 bits per heavy atom. The number of amidine groups is 2. The summed E-state index contributed by atoms with van der Waals surface area (Å²) in [6.45, 7) is 14.6. The summed E-state index contributed by atoms with van der Waals surface area (Å²) in [6, 6.07) is 0. The predicted octanol–water partition coefficient (Wildman–Crippen LogP) is 6.46. The molecule has 0 aromatic heterocycles. The van der Waals surface area contributed by atoms with Crippen LogP contribution >= 0.6 is 0 Å². The van der Waals surface area contributed by atoms with Crippen LogP contribution in [0.2, 0.25) is 0 Å². The van der Waals surface area contributed by atoms with Gasteiger partial charge in [-0.2, -0.15) is 18.2 Å². The first-order valence-corrected chi connectivity index (χ1v) is 13.9. The Bertz CT molecular complexity index is 1460. The van der Waals surface area contributed by atoms with E-state index in [0.717, 1.165) is 17.2 Å². The molecule has 0 radical (unpaired) electrons. The normalized spacial score (nSPS) is 26.0. The molecule has 42 heavy (non-hydrogen) atoms. The van der Waals surface area contributed by atoms with E-state index in [1.807, 2.05) is 26.0 Å². The lowest BCUT2D eigenvalue weighted by Gasteiger charge is -2.23. The Morgan fingerprint density at radius 1 is 1.10 bits per heavy atom. The molecule has 4 rings (SSSR count). The van der Waals surface area contributed by atoms with Crippen molar-refractivity contribution in [2.24, 2.45) is 21.1 Å². The third kappa shape index (κ3) is 6.18. The second-order valence-corrected chi connectivity index (χ2v) is 10.5. The number of carbonyl (C=O) groups is 2. The molecule has 0 bridgehead atoms. The fourth-order valence-electron chi connectivity index (χ4n) is 5.51. The largest absolute Gasteiger partial charge is 0.416 e. The number of nitrogens with two attached hydrogens (primary N) is 1. The third-order valence-corrected chi connectivity index (χ3v) is 7.39. The van der Waals surface area contributed by atoms with Crippen LogP contribution in [0.3, 0.4) is 0 Å². The van der Waals surface area contributed by atoms with Crippen molar-refractivity contribution >= 4 is 23.5 Å². The Kier molecular flexibility index (Phi) is 9.82. The number of hydrogen-bond donors (Lipinski definition) is 1. The van der Waals surface area contributed by atoms with E-state index in [4.69, 9.17) is 5.73 Å². The van der Waals surface area contributed by atoms with Crippen molar-refractivity contribution in [2.75, 3.05) is 6.54 Å². The van der Waals surface area contributed by atoms with E-state index in [0.29, 0.717) is 31.3 Å². The molecule has 2 amide bonds. The lowest BCUT2D eigenvalue weighted by atomic mass is 9.78. The summed E-state index contributed by atoms with van der Waals surface area (Å²) >= 11 is 0. The van der Waals surface area contributed by atoms with Crippen LogP contribution in [0, 0.1) is 17.3 Å². The zero-order valence-corrected chi connectivity index (χ0v) is 24.6. The van der Waals surface area contributed by atoms with E-state index in [-0.39, 0.29) is 36.1 Å². The van der Waals surface area contributed by atoms with Crippen LogP contribution in [0.5, 0.6) is 0 Å². The highest BCUT2D eigenvalue weighted by Crippen LogP contribution is 2.53. The zero-order chi connectivity index (χ0) is 31.3. The van der Waals surface area contributed by atoms with Crippen molar-refractivity contribution in [2.45, 2.75) is 71.5 Å². The molecule has 2 heterocycles. The van der Waals surface area contributed by atoms with Gasteiger partial charge in [0.05, 0.1) is 17.5 Å². The number of alkyl halides is 3. The second-order valence-electron chi connectivity index (χ2n) is 10.5. The molecule has 2 aliphatic heterocycles. The van der Waals surface area contributed by atoms with E-state index in [2.05, 4.69) is 35.0 Å². The summed E-state index contributed by atoms with van der Waals surface area (Å²) in [5.74, 6) is 5.46. The van der Waals surface area contributed by atoms with Crippen molar-refractivity contribution in [3.63, 3.8) is 0 Å². The first kappa shape index (κ1) is 32.3. The summed E-state index contributed by atoms with van der Waals surface area (Å²) in [5.41, 5.74) is 5.67. The molecular formula is C33H37F3N4O2. The van der Waals surface area contributed by atoms with Crippen LogP contribution in [0.25, 0.3) is 0 Å². The number of halogens is 3. The molecule has 4 aliphatic rings. The standard InChI is InChI=1S/C31H31F3N4O2.C2H6/c1-5-12-20-18-30(24(13-6-2)25(35)36-27(30)39)19-21(20)14-8-7-11-17-38-26(37-29(3,4)28(38)40)22-15-9-10-16-23(22)31(32,33)34;1-2/h5-6,10,12-14,16H,1-2,8-9,15,17-19H2,3-4H3,(H2,35,36,39);1-2H3/b20-12-,21-14-,24-13+;. The van der Waals surface area contributed by atoms with E-state index in [9.17, 15) is 22.8 Å². The summed E-state index contributed by atoms with van der Waals surface area (Å²) in [4.78, 5) is 35.5. The quantitative estimate of drug-likeness (QED) is 0.380. The van der Waals surface area contributed by atoms with Gasteiger partial charge in [-0.15, -0.1) is 0 Å². The Morgan fingerprint density at radius 2 is 1.76 bits per heavy atom. The van der Waals surface area contributed by atoms with Gasteiger partial charge in [0.1, 0.15) is 17.2 Å². The number of rotatable bonds is 5. The summed E-state index contributed by atoms with van der Waals surface area (Å²) in [5, 5.41) is 0. The Labute approximate surface area is 245 Å². The van der Waals surface area contributed by atoms with E-state index in [1.165, 1.54) is 11.0 Å². The second kappa shape index (κ2) is 12.8. The van der Waals surface area contributed by atoms with Gasteiger partial charge in [-0.3, -0.25) is 19.5 Å². The van der Waals surface area contributed by atoms with Crippen LogP contribution in [0.1, 0.15) is 59.8 Å². The van der Waals surface area contributed by atoms with Crippen LogP contribution in [-0.4, -0.2) is 46.6 Å². The predicted molar refractivity (Wildman–Crippen MR) is 161 cm³/mol. The van der Waals surface area contributed by atoms with E-state index < -0.39 is 28.6 Å². The van der Waals surface area contributed by atoms with E-state index in [1.54, 1.807) is 32.1 Å². The fourth-order valence-corrected chi connectivity index (χ4v) is 5.51. The maximum atomic E-state index is 13.7. The number of amides is 2. The average Bonchev–Trinajstić information content (AvgIpc) is 3.50. The molecular weight excluding hydrogens is 541 g/mol. The third-order valence-electron chi connectivity index (χ3n) is 7.39. The molecule has 2 N–H and O–H groups in total. The lowest BCUT2D eigenvalue weighted by molar-refractivity contribution is -0.129. The molecule has 1 atom stereocenters. The van der Waals surface area contributed by atoms with Gasteiger partial charge in [0, 0.05) is 17.6 Å². The lowest BCUT2D eigenvalue weighted by Crippen LogP contribution is -2.40. The molecule has 1 fully saturated rings. The smallest absolute Gasteiger partial charge is 0.383 e. The molecule has 2 aliphatic carbocycles. The number of allylic oxidation sites excluding steroid dienone is 10. The van der Waals surface area contributed by atoms with Gasteiger partial charge in [0.2, 0.25) is 0 Å². The molecule has 9 heteroatoms. The van der Waals surface area contributed by atoms with Crippen LogP contribution in [0.15, 0.2) is 93.5 Å². The van der Waals surface area contributed by atoms with Crippen molar-refractivity contribution in [3.8, 4) is 11.8 Å². The average molecular weight is 579 g/mol. The van der Waals surface area contributed by atoms with Crippen LogP contribution < -0.4 is 5.73 Å². The molecule has 1 saturated carbocycles. The van der Waals surface area contributed by atoms with Gasteiger partial charge in [-0.25, -0.2) is 0 Å². The number of hydrogen-bond acceptors (Lipinski definition) is 4. The van der Waals surface area contributed by atoms with Gasteiger partial charge in [-0.1, -0.05) is 81.4 Å². The SMILES string of the molecule is C=C/C=C1/CC2(C/C1=C/CC#CCN1C(=O)C(C)(C)N=C1C1=C(C(F)(F)F)C=CCC1)C(=O)N=C(N)/C2=C\C=C.CC. The monoisotopic (exact) mass is 578 g/mol. The summed E-state index contributed by atoms with van der Waals surface area (Å²) in [7, 11) is 0. The Balaban J connectivity index is 0.00000237. The van der Waals surface area contributed by atoms with E-state index >= 15 is 0 Å². The first-order chi connectivity index (χ1) is 19.9. The zero-order valence-electron chi connectivity index (χ0n) is 24.6. The van der Waals surface area contributed by atoms with Crippen LogP contribution in [-0.2, 0) is 9.59 Å². The van der Waals surface area contributed by atoms with Crippen molar-refractivity contribution in [1.29, 1.82) is 0 Å². The molecule has 0 aromatic rings. The minimum absolute atomic E-state index is 0.0133. The molecule has 0 aromatic carbocycles. The minimum atomic E-state index is -4.56. The molecule has 0 saturated heterocycles. The number of carbonyl (C=O) groups excluding carboxylic acids is 2. The molecule has 6 nitrogen and oxygen atoms in total. The van der Waals surface area contributed by atoms with Crippen LogP contribution in [0.4, 0.5) is 13.2 Å². The molecule has 1 spiro atoms. The first-order valence-electron chi connectivity index (χ1n) is 13.9. The highest BCUT2D eigenvalue weighted by Gasteiger charge is 2.52. The number of aliphatic imine (C=N–C) groups is 2. The van der Waals surface area contributed by atoms with Crippen molar-refractivity contribution < 1.29 is 22.8 Å². The van der Waals surface area contributed by atoms with Gasteiger partial charge in [0.15, 0.2) is 0 Å². The summed E-state index contributed by atoms with van der Waals surface area (Å²) in [6.07, 6.45) is 8.38. The summed E-state index contributed by atoms with van der Waals surface area (Å²) < 4.78 is 41.1. The highest BCUT2D eigenvalue weighted by atomic mass is 19.4. The highest BCUT2D eigenvalue weighted by molar-refractivity contribution is 6.17. The van der Waals surface area contributed by atoms with Gasteiger partial charge in [-0.05, 0) is 50.7 Å². The minimum Gasteiger partial charge on any atom is -0.383 e. The van der Waals surface area contributed by atoms with Crippen molar-refractivity contribution in [3.05, 3.63) is 83.6 Å². The molecule has 222 valence electrons.